The first kappa shape index (κ1) is 40.5. The van der Waals surface area contributed by atoms with Gasteiger partial charge in [-0.3, -0.25) is 29.7 Å². The molecule has 0 saturated carbocycles. The second-order valence-electron chi connectivity index (χ2n) is 13.2. The lowest BCUT2D eigenvalue weighted by atomic mass is 10.2. The summed E-state index contributed by atoms with van der Waals surface area (Å²) in [5, 5.41) is 0. The van der Waals surface area contributed by atoms with E-state index in [0.717, 1.165) is 110 Å². The van der Waals surface area contributed by atoms with Gasteiger partial charge in [0.25, 0.3) is 0 Å². The fourth-order valence-corrected chi connectivity index (χ4v) is 5.49. The first-order valence-corrected chi connectivity index (χ1v) is 19.3. The smallest absolute Gasteiger partial charge is 0.122 e. The molecule has 10 heteroatoms. The maximum Gasteiger partial charge on any atom is 0.122 e. The number of rotatable bonds is 27. The van der Waals surface area contributed by atoms with Crippen molar-refractivity contribution in [2.45, 2.75) is 105 Å². The average Bonchev–Trinajstić information content (AvgIpc) is 3.15. The summed E-state index contributed by atoms with van der Waals surface area (Å²) in [6, 6.07) is 16.0. The van der Waals surface area contributed by atoms with Gasteiger partial charge < -0.3 is 18.9 Å². The van der Waals surface area contributed by atoms with Crippen LogP contribution in [0, 0.1) is 0 Å². The van der Waals surface area contributed by atoms with E-state index in [2.05, 4.69) is 61.8 Å². The van der Waals surface area contributed by atoms with E-state index < -0.39 is 0 Å². The maximum absolute atomic E-state index is 6.03. The highest BCUT2D eigenvalue weighted by Gasteiger charge is 2.16. The summed E-state index contributed by atoms with van der Waals surface area (Å²) in [6.07, 6.45) is 15.8. The van der Waals surface area contributed by atoms with E-state index in [1.807, 2.05) is 49.1 Å². The standard InChI is InChI=1S/C42H60N6O4/c1-5-9-23-49-39-13-17-43-35(27-39)31-47(32-36-28-40(14-18-44-36)50-24-10-6-2)21-22-48(33-37-29-41(15-19-45-37)51-25-11-7-3)34-38-30-42(16-20-46-38)52-26-12-8-4/h13-20,27-30H,5-12,21-26,31-34H2,1-4H3. The van der Waals surface area contributed by atoms with Gasteiger partial charge in [-0.05, 0) is 49.9 Å². The van der Waals surface area contributed by atoms with Crippen LogP contribution in [0.15, 0.2) is 73.3 Å². The van der Waals surface area contributed by atoms with E-state index >= 15 is 0 Å². The minimum absolute atomic E-state index is 0.638. The van der Waals surface area contributed by atoms with Crippen molar-refractivity contribution >= 4 is 0 Å². The molecule has 52 heavy (non-hydrogen) atoms. The van der Waals surface area contributed by atoms with Crippen molar-refractivity contribution in [3.05, 3.63) is 96.1 Å². The number of hydrogen-bond acceptors (Lipinski definition) is 10. The molecule has 0 aliphatic rings. The molecule has 0 unspecified atom stereocenters. The van der Waals surface area contributed by atoms with Crippen molar-refractivity contribution in [1.82, 2.24) is 29.7 Å². The number of ether oxygens (including phenoxy) is 4. The van der Waals surface area contributed by atoms with E-state index in [1.54, 1.807) is 0 Å². The Kier molecular flexibility index (Phi) is 18.7. The van der Waals surface area contributed by atoms with Crippen molar-refractivity contribution in [1.29, 1.82) is 0 Å². The fourth-order valence-electron chi connectivity index (χ4n) is 5.49. The molecule has 0 spiro atoms. The van der Waals surface area contributed by atoms with Gasteiger partial charge in [0.1, 0.15) is 23.0 Å². The Balaban J connectivity index is 1.56. The molecule has 4 aromatic rings. The molecule has 282 valence electrons. The molecule has 4 aromatic heterocycles. The van der Waals surface area contributed by atoms with E-state index in [0.29, 0.717) is 52.6 Å². The Morgan fingerprint density at radius 1 is 0.404 bits per heavy atom. The molecule has 0 amide bonds. The predicted octanol–water partition coefficient (Wildman–Crippen LogP) is 8.69. The van der Waals surface area contributed by atoms with Crippen molar-refractivity contribution in [2.24, 2.45) is 0 Å². The molecule has 0 saturated heterocycles. The average molecular weight is 713 g/mol. The van der Waals surface area contributed by atoms with Gasteiger partial charge in [0.15, 0.2) is 0 Å². The van der Waals surface area contributed by atoms with Crippen LogP contribution < -0.4 is 18.9 Å². The molecule has 0 fully saturated rings. The van der Waals surface area contributed by atoms with Crippen LogP contribution in [-0.2, 0) is 26.2 Å². The summed E-state index contributed by atoms with van der Waals surface area (Å²) < 4.78 is 24.1. The summed E-state index contributed by atoms with van der Waals surface area (Å²) in [6.45, 7) is 15.5. The summed E-state index contributed by atoms with van der Waals surface area (Å²) in [4.78, 5) is 23.7. The number of aromatic nitrogens is 4. The summed E-state index contributed by atoms with van der Waals surface area (Å²) in [5.74, 6) is 3.40. The summed E-state index contributed by atoms with van der Waals surface area (Å²) >= 11 is 0. The number of pyridine rings is 4. The lowest BCUT2D eigenvalue weighted by Crippen LogP contribution is -2.35. The third-order valence-corrected chi connectivity index (χ3v) is 8.49. The SMILES string of the molecule is CCCCOc1ccnc(CN(CCN(Cc2cc(OCCCC)ccn2)Cc2cc(OCCCC)ccn2)Cc2cc(OCCCC)ccn2)c1. The Hall–Kier alpha value is -4.28. The van der Waals surface area contributed by atoms with E-state index in [4.69, 9.17) is 38.9 Å². The molecule has 0 aliphatic carbocycles. The molecule has 0 atom stereocenters. The Morgan fingerprint density at radius 3 is 0.885 bits per heavy atom. The van der Waals surface area contributed by atoms with Crippen LogP contribution >= 0.6 is 0 Å². The zero-order valence-electron chi connectivity index (χ0n) is 32.0. The highest BCUT2D eigenvalue weighted by molar-refractivity contribution is 5.26. The summed E-state index contributed by atoms with van der Waals surface area (Å²) in [5.41, 5.74) is 3.81. The van der Waals surface area contributed by atoms with Crippen LogP contribution in [0.1, 0.15) is 102 Å². The molecular weight excluding hydrogens is 653 g/mol. The van der Waals surface area contributed by atoms with Crippen LogP contribution in [0.5, 0.6) is 23.0 Å². The number of hydrogen-bond donors (Lipinski definition) is 0. The van der Waals surface area contributed by atoms with Gasteiger partial charge in [-0.25, -0.2) is 0 Å². The van der Waals surface area contributed by atoms with E-state index in [1.165, 1.54) is 0 Å². The van der Waals surface area contributed by atoms with Crippen molar-refractivity contribution in [3.8, 4) is 23.0 Å². The molecular formula is C42H60N6O4. The molecule has 0 radical (unpaired) electrons. The lowest BCUT2D eigenvalue weighted by Gasteiger charge is -2.27. The van der Waals surface area contributed by atoms with Gasteiger partial charge in [-0.1, -0.05) is 53.4 Å². The van der Waals surface area contributed by atoms with Crippen LogP contribution in [0.25, 0.3) is 0 Å². The molecule has 10 nitrogen and oxygen atoms in total. The van der Waals surface area contributed by atoms with Gasteiger partial charge in [0, 0.05) is 88.3 Å². The van der Waals surface area contributed by atoms with E-state index in [-0.39, 0.29) is 0 Å². The second kappa shape index (κ2) is 24.1. The number of unbranched alkanes of at least 4 members (excludes halogenated alkanes) is 4. The molecule has 0 aromatic carbocycles. The minimum Gasteiger partial charge on any atom is -0.493 e. The highest BCUT2D eigenvalue weighted by Crippen LogP contribution is 2.20. The zero-order valence-corrected chi connectivity index (χ0v) is 32.0. The van der Waals surface area contributed by atoms with Crippen molar-refractivity contribution in [3.63, 3.8) is 0 Å². The van der Waals surface area contributed by atoms with Crippen LogP contribution in [0.3, 0.4) is 0 Å². The normalized spacial score (nSPS) is 11.3. The predicted molar refractivity (Wildman–Crippen MR) is 207 cm³/mol. The number of nitrogens with zero attached hydrogens (tertiary/aromatic N) is 6. The zero-order chi connectivity index (χ0) is 36.6. The second-order valence-corrected chi connectivity index (χ2v) is 13.2. The van der Waals surface area contributed by atoms with Crippen LogP contribution in [0.4, 0.5) is 0 Å². The molecule has 4 rings (SSSR count). The van der Waals surface area contributed by atoms with Gasteiger partial charge >= 0.3 is 0 Å². The molecule has 4 heterocycles. The fraction of sp³-hybridized carbons (Fsp3) is 0.524. The van der Waals surface area contributed by atoms with Crippen LogP contribution in [-0.4, -0.2) is 69.3 Å². The maximum atomic E-state index is 6.03. The van der Waals surface area contributed by atoms with Crippen molar-refractivity contribution < 1.29 is 18.9 Å². The Labute approximate surface area is 311 Å². The topological polar surface area (TPSA) is 95.0 Å². The van der Waals surface area contributed by atoms with Gasteiger partial charge in [0.2, 0.25) is 0 Å². The minimum atomic E-state index is 0.638. The van der Waals surface area contributed by atoms with Gasteiger partial charge in [-0.15, -0.1) is 0 Å². The Bertz CT molecular complexity index is 1330. The van der Waals surface area contributed by atoms with E-state index in [9.17, 15) is 0 Å². The first-order valence-electron chi connectivity index (χ1n) is 19.3. The monoisotopic (exact) mass is 712 g/mol. The quantitative estimate of drug-likeness (QED) is 0.0559. The molecule has 0 N–H and O–H groups in total. The lowest BCUT2D eigenvalue weighted by molar-refractivity contribution is 0.177. The van der Waals surface area contributed by atoms with Gasteiger partial charge in [0.05, 0.1) is 49.2 Å². The first-order chi connectivity index (χ1) is 25.6. The Morgan fingerprint density at radius 2 is 0.654 bits per heavy atom. The van der Waals surface area contributed by atoms with Gasteiger partial charge in [-0.2, -0.15) is 0 Å². The largest absolute Gasteiger partial charge is 0.493 e. The third-order valence-electron chi connectivity index (χ3n) is 8.49. The van der Waals surface area contributed by atoms with Crippen LogP contribution in [0.2, 0.25) is 0 Å². The molecule has 0 bridgehead atoms. The molecule has 0 aliphatic heterocycles. The third kappa shape index (κ3) is 15.5. The van der Waals surface area contributed by atoms with Crippen molar-refractivity contribution in [2.75, 3.05) is 39.5 Å². The highest BCUT2D eigenvalue weighted by atomic mass is 16.5. The summed E-state index contributed by atoms with van der Waals surface area (Å²) in [7, 11) is 0.